The van der Waals surface area contributed by atoms with Crippen LogP contribution in [-0.4, -0.2) is 24.6 Å². The molecule has 5 heteroatoms. The van der Waals surface area contributed by atoms with Crippen molar-refractivity contribution in [3.05, 3.63) is 89.7 Å². The highest BCUT2D eigenvalue weighted by atomic mass is 16.5. The van der Waals surface area contributed by atoms with E-state index in [-0.39, 0.29) is 5.91 Å². The van der Waals surface area contributed by atoms with Crippen molar-refractivity contribution in [2.24, 2.45) is 0 Å². The number of carbonyl (C=O) groups excluding carboxylic acids is 1. The number of ether oxygens (including phenoxy) is 2. The average molecular weight is 376 g/mol. The van der Waals surface area contributed by atoms with Gasteiger partial charge in [0.15, 0.2) is 0 Å². The predicted octanol–water partition coefficient (Wildman–Crippen LogP) is 4.40. The first kappa shape index (κ1) is 19.4. The maximum Gasteiger partial charge on any atom is 0.252 e. The Hall–Kier alpha value is -3.34. The van der Waals surface area contributed by atoms with Crippen LogP contribution in [0.25, 0.3) is 0 Å². The Labute approximate surface area is 165 Å². The molecule has 1 unspecified atom stereocenters. The maximum atomic E-state index is 13.0. The molecule has 144 valence electrons. The van der Waals surface area contributed by atoms with Crippen LogP contribution in [-0.2, 0) is 0 Å². The van der Waals surface area contributed by atoms with Crippen LogP contribution >= 0.6 is 0 Å². The summed E-state index contributed by atoms with van der Waals surface area (Å²) in [6.45, 7) is 2.66. The third-order valence-corrected chi connectivity index (χ3v) is 4.28. The maximum absolute atomic E-state index is 13.0. The summed E-state index contributed by atoms with van der Waals surface area (Å²) in [5, 5.41) is 3.09. The third kappa shape index (κ3) is 4.68. The van der Waals surface area contributed by atoms with Crippen LogP contribution in [0, 0.1) is 0 Å². The van der Waals surface area contributed by atoms with Crippen LogP contribution in [0.2, 0.25) is 0 Å². The minimum absolute atomic E-state index is 0.205. The molecular weight excluding hydrogens is 352 g/mol. The Kier molecular flexibility index (Phi) is 6.63. The molecule has 0 aliphatic carbocycles. The minimum Gasteiger partial charge on any atom is -0.496 e. The molecule has 0 aliphatic heterocycles. The van der Waals surface area contributed by atoms with Gasteiger partial charge in [0.05, 0.1) is 19.4 Å². The molecule has 1 amide bonds. The number of benzene rings is 2. The molecule has 0 bridgehead atoms. The molecule has 1 aromatic heterocycles. The zero-order chi connectivity index (χ0) is 19.8. The fraction of sp³-hybridized carbons (Fsp3) is 0.217. The molecule has 0 saturated carbocycles. The molecule has 2 aromatic carbocycles. The second-order valence-electron chi connectivity index (χ2n) is 6.28. The summed E-state index contributed by atoms with van der Waals surface area (Å²) < 4.78 is 11.1. The van der Waals surface area contributed by atoms with Gasteiger partial charge in [-0.05, 0) is 42.8 Å². The molecule has 3 aromatic rings. The van der Waals surface area contributed by atoms with Crippen molar-refractivity contribution < 1.29 is 14.3 Å². The van der Waals surface area contributed by atoms with E-state index in [0.29, 0.717) is 23.7 Å². The van der Waals surface area contributed by atoms with Crippen molar-refractivity contribution in [1.29, 1.82) is 0 Å². The van der Waals surface area contributed by atoms with Gasteiger partial charge in [0.25, 0.3) is 5.91 Å². The Morgan fingerprint density at radius 2 is 1.89 bits per heavy atom. The second-order valence-corrected chi connectivity index (χ2v) is 6.28. The van der Waals surface area contributed by atoms with E-state index >= 15 is 0 Å². The normalized spacial score (nSPS) is 11.5. The summed E-state index contributed by atoms with van der Waals surface area (Å²) in [5.74, 6) is 1.17. The van der Waals surface area contributed by atoms with Gasteiger partial charge in [0.1, 0.15) is 17.5 Å². The topological polar surface area (TPSA) is 60.5 Å². The van der Waals surface area contributed by atoms with Crippen LogP contribution in [0.1, 0.15) is 41.0 Å². The molecule has 0 aliphatic rings. The van der Waals surface area contributed by atoms with Crippen molar-refractivity contribution in [2.75, 3.05) is 13.7 Å². The number of hydrogen-bond acceptors (Lipinski definition) is 4. The SMILES string of the molecule is CCCOc1cccc(C(=O)NC(c2ccccn2)c2ccccc2OC)c1. The number of aromatic nitrogens is 1. The van der Waals surface area contributed by atoms with E-state index in [1.54, 1.807) is 25.4 Å². The molecule has 1 heterocycles. The molecular formula is C23H24N2O3. The zero-order valence-corrected chi connectivity index (χ0v) is 16.1. The molecule has 1 N–H and O–H groups in total. The van der Waals surface area contributed by atoms with Gasteiger partial charge in [0, 0.05) is 17.3 Å². The van der Waals surface area contributed by atoms with Crippen molar-refractivity contribution in [3.63, 3.8) is 0 Å². The Morgan fingerprint density at radius 3 is 2.64 bits per heavy atom. The number of nitrogens with zero attached hydrogens (tertiary/aromatic N) is 1. The number of carbonyl (C=O) groups is 1. The van der Waals surface area contributed by atoms with Gasteiger partial charge in [-0.3, -0.25) is 9.78 Å². The zero-order valence-electron chi connectivity index (χ0n) is 16.1. The van der Waals surface area contributed by atoms with Crippen LogP contribution in [0.3, 0.4) is 0 Å². The summed E-state index contributed by atoms with van der Waals surface area (Å²) in [5.41, 5.74) is 2.11. The van der Waals surface area contributed by atoms with Gasteiger partial charge in [-0.25, -0.2) is 0 Å². The first-order valence-electron chi connectivity index (χ1n) is 9.30. The summed E-state index contributed by atoms with van der Waals surface area (Å²) in [6, 6.07) is 20.0. The predicted molar refractivity (Wildman–Crippen MR) is 109 cm³/mol. The highest BCUT2D eigenvalue weighted by Crippen LogP contribution is 2.29. The van der Waals surface area contributed by atoms with E-state index < -0.39 is 6.04 Å². The first-order chi connectivity index (χ1) is 13.7. The lowest BCUT2D eigenvalue weighted by Crippen LogP contribution is -2.30. The summed E-state index contributed by atoms with van der Waals surface area (Å²) in [6.07, 6.45) is 2.62. The summed E-state index contributed by atoms with van der Waals surface area (Å²) in [4.78, 5) is 17.4. The number of hydrogen-bond donors (Lipinski definition) is 1. The fourth-order valence-electron chi connectivity index (χ4n) is 2.92. The lowest BCUT2D eigenvalue weighted by Gasteiger charge is -2.21. The molecule has 0 radical (unpaired) electrons. The quantitative estimate of drug-likeness (QED) is 0.633. The highest BCUT2D eigenvalue weighted by molar-refractivity contribution is 5.95. The minimum atomic E-state index is -0.440. The highest BCUT2D eigenvalue weighted by Gasteiger charge is 2.22. The smallest absolute Gasteiger partial charge is 0.252 e. The molecule has 28 heavy (non-hydrogen) atoms. The number of rotatable bonds is 8. The second kappa shape index (κ2) is 9.55. The standard InChI is InChI=1S/C23H24N2O3/c1-3-15-28-18-10-8-9-17(16-18)23(26)25-22(20-12-6-7-14-24-20)19-11-4-5-13-21(19)27-2/h4-14,16,22H,3,15H2,1-2H3,(H,25,26). The monoisotopic (exact) mass is 376 g/mol. The van der Waals surface area contributed by atoms with E-state index in [2.05, 4.69) is 10.3 Å². The molecule has 0 spiro atoms. The number of pyridine rings is 1. The van der Waals surface area contributed by atoms with Gasteiger partial charge in [-0.2, -0.15) is 0 Å². The lowest BCUT2D eigenvalue weighted by molar-refractivity contribution is 0.0941. The summed E-state index contributed by atoms with van der Waals surface area (Å²) in [7, 11) is 1.62. The van der Waals surface area contributed by atoms with Crippen LogP contribution in [0.15, 0.2) is 72.9 Å². The fourth-order valence-corrected chi connectivity index (χ4v) is 2.92. The Bertz CT molecular complexity index is 912. The van der Waals surface area contributed by atoms with Crippen LogP contribution < -0.4 is 14.8 Å². The first-order valence-corrected chi connectivity index (χ1v) is 9.30. The molecule has 3 rings (SSSR count). The largest absolute Gasteiger partial charge is 0.496 e. The van der Waals surface area contributed by atoms with E-state index in [1.165, 1.54) is 0 Å². The van der Waals surface area contributed by atoms with E-state index in [0.717, 1.165) is 17.7 Å². The number of nitrogens with one attached hydrogen (secondary N) is 1. The van der Waals surface area contributed by atoms with E-state index in [4.69, 9.17) is 9.47 Å². The Balaban J connectivity index is 1.91. The number of methoxy groups -OCH3 is 1. The summed E-state index contributed by atoms with van der Waals surface area (Å²) >= 11 is 0. The van der Waals surface area contributed by atoms with Crippen LogP contribution in [0.4, 0.5) is 0 Å². The van der Waals surface area contributed by atoms with E-state index in [1.807, 2.05) is 61.5 Å². The van der Waals surface area contributed by atoms with Crippen molar-refractivity contribution >= 4 is 5.91 Å². The molecule has 1 atom stereocenters. The number of amides is 1. The van der Waals surface area contributed by atoms with Gasteiger partial charge in [-0.15, -0.1) is 0 Å². The van der Waals surface area contributed by atoms with Gasteiger partial charge in [0.2, 0.25) is 0 Å². The number of para-hydroxylation sites is 1. The van der Waals surface area contributed by atoms with Gasteiger partial charge >= 0.3 is 0 Å². The Morgan fingerprint density at radius 1 is 1.07 bits per heavy atom. The van der Waals surface area contributed by atoms with Crippen molar-refractivity contribution in [1.82, 2.24) is 10.3 Å². The van der Waals surface area contributed by atoms with Crippen LogP contribution in [0.5, 0.6) is 11.5 Å². The van der Waals surface area contributed by atoms with E-state index in [9.17, 15) is 4.79 Å². The lowest BCUT2D eigenvalue weighted by atomic mass is 10.0. The molecule has 0 fully saturated rings. The third-order valence-electron chi connectivity index (χ3n) is 4.28. The van der Waals surface area contributed by atoms with Crippen molar-refractivity contribution in [3.8, 4) is 11.5 Å². The average Bonchev–Trinajstić information content (AvgIpc) is 2.76. The van der Waals surface area contributed by atoms with Gasteiger partial charge in [-0.1, -0.05) is 37.3 Å². The van der Waals surface area contributed by atoms with Gasteiger partial charge < -0.3 is 14.8 Å². The van der Waals surface area contributed by atoms with Crippen molar-refractivity contribution in [2.45, 2.75) is 19.4 Å². The molecule has 0 saturated heterocycles. The molecule has 5 nitrogen and oxygen atoms in total.